The maximum Gasteiger partial charge on any atom is 0.145 e. The lowest BCUT2D eigenvalue weighted by molar-refractivity contribution is 0.419. The first-order valence-corrected chi connectivity index (χ1v) is 6.53. The zero-order chi connectivity index (χ0) is 13.8. The van der Waals surface area contributed by atoms with E-state index in [1.165, 1.54) is 11.1 Å². The molecule has 2 nitrogen and oxygen atoms in total. The van der Waals surface area contributed by atoms with Crippen molar-refractivity contribution in [3.8, 4) is 5.75 Å². The predicted octanol–water partition coefficient (Wildman–Crippen LogP) is 4.41. The van der Waals surface area contributed by atoms with E-state index in [2.05, 4.69) is 41.4 Å². The van der Waals surface area contributed by atoms with Gasteiger partial charge in [-0.3, -0.25) is 4.98 Å². The Labute approximate surface area is 118 Å². The molecule has 0 fully saturated rings. The van der Waals surface area contributed by atoms with Crippen molar-refractivity contribution in [1.29, 1.82) is 0 Å². The zero-order valence-electron chi connectivity index (χ0n) is 11.3. The van der Waals surface area contributed by atoms with Crippen LogP contribution in [0, 0.1) is 0 Å². The summed E-state index contributed by atoms with van der Waals surface area (Å²) in [7, 11) is 1.66. The van der Waals surface area contributed by atoms with E-state index in [9.17, 15) is 0 Å². The molecule has 0 radical (unpaired) electrons. The van der Waals surface area contributed by atoms with Gasteiger partial charge in [-0.05, 0) is 23.3 Å². The van der Waals surface area contributed by atoms with Crippen LogP contribution in [0.25, 0.3) is 23.1 Å². The molecule has 0 saturated carbocycles. The van der Waals surface area contributed by atoms with Crippen molar-refractivity contribution in [3.05, 3.63) is 71.9 Å². The standard InChI is InChI=1S/C10H9NO.C8H6/c1-12-9-6-2-4-8-5-3-7-11-10(8)9;1-2-4-8-6-5-7(8)3-1/h2-7H,1H3;1-6H. The third-order valence-corrected chi connectivity index (χ3v) is 3.25. The number of aromatic nitrogens is 1. The van der Waals surface area contributed by atoms with Gasteiger partial charge in [0.1, 0.15) is 11.3 Å². The summed E-state index contributed by atoms with van der Waals surface area (Å²) in [6, 6.07) is 18.2. The first-order chi connectivity index (χ1) is 9.88. The van der Waals surface area contributed by atoms with E-state index < -0.39 is 0 Å². The highest BCUT2D eigenvalue weighted by Crippen LogP contribution is 2.22. The summed E-state index contributed by atoms with van der Waals surface area (Å²) in [6.45, 7) is 0. The first kappa shape index (κ1) is 12.4. The molecule has 3 aromatic rings. The van der Waals surface area contributed by atoms with E-state index in [1.54, 1.807) is 13.3 Å². The highest BCUT2D eigenvalue weighted by Gasteiger charge is 2.00. The molecule has 0 amide bonds. The largest absolute Gasteiger partial charge is 0.494 e. The lowest BCUT2D eigenvalue weighted by Crippen LogP contribution is -1.85. The average molecular weight is 261 g/mol. The van der Waals surface area contributed by atoms with Crippen molar-refractivity contribution in [2.24, 2.45) is 0 Å². The number of ether oxygens (including phenoxy) is 1. The van der Waals surface area contributed by atoms with Gasteiger partial charge in [-0.2, -0.15) is 0 Å². The Bertz CT molecular complexity index is 732. The molecule has 0 spiro atoms. The van der Waals surface area contributed by atoms with E-state index in [0.29, 0.717) is 0 Å². The maximum absolute atomic E-state index is 5.16. The maximum atomic E-state index is 5.16. The van der Waals surface area contributed by atoms with Gasteiger partial charge in [0.05, 0.1) is 7.11 Å². The topological polar surface area (TPSA) is 22.1 Å². The van der Waals surface area contributed by atoms with E-state index >= 15 is 0 Å². The molecular formula is C18H15NO. The van der Waals surface area contributed by atoms with Crippen LogP contribution >= 0.6 is 0 Å². The molecule has 4 rings (SSSR count). The van der Waals surface area contributed by atoms with Crippen LogP contribution in [0.1, 0.15) is 11.1 Å². The summed E-state index contributed by atoms with van der Waals surface area (Å²) in [6.07, 6.45) is 6.01. The SMILES string of the molecule is C1=Cc2ccccc21.COc1cccc2cccnc12. The molecule has 1 aliphatic carbocycles. The van der Waals surface area contributed by atoms with E-state index in [0.717, 1.165) is 16.7 Å². The second-order valence-electron chi connectivity index (χ2n) is 4.50. The van der Waals surface area contributed by atoms with Crippen LogP contribution in [-0.4, -0.2) is 12.1 Å². The molecule has 0 aliphatic heterocycles. The van der Waals surface area contributed by atoms with E-state index in [4.69, 9.17) is 4.74 Å². The Morgan fingerprint density at radius 2 is 1.50 bits per heavy atom. The Morgan fingerprint density at radius 3 is 2.10 bits per heavy atom. The van der Waals surface area contributed by atoms with Gasteiger partial charge in [0, 0.05) is 11.6 Å². The van der Waals surface area contributed by atoms with Crippen LogP contribution in [0.15, 0.2) is 60.8 Å². The minimum Gasteiger partial charge on any atom is -0.494 e. The molecule has 0 bridgehead atoms. The number of para-hydroxylation sites is 1. The Balaban J connectivity index is 0.000000131. The molecule has 0 saturated heterocycles. The van der Waals surface area contributed by atoms with Crippen molar-refractivity contribution in [2.45, 2.75) is 0 Å². The predicted molar refractivity (Wildman–Crippen MR) is 83.7 cm³/mol. The molecule has 0 N–H and O–H groups in total. The molecule has 0 atom stereocenters. The summed E-state index contributed by atoms with van der Waals surface area (Å²) in [4.78, 5) is 4.23. The van der Waals surface area contributed by atoms with Gasteiger partial charge < -0.3 is 4.74 Å². The Hall–Kier alpha value is -2.61. The number of rotatable bonds is 1. The molecule has 1 heterocycles. The minimum absolute atomic E-state index is 0.827. The second kappa shape index (κ2) is 5.57. The molecular weight excluding hydrogens is 246 g/mol. The Kier molecular flexibility index (Phi) is 3.46. The van der Waals surface area contributed by atoms with Gasteiger partial charge in [0.2, 0.25) is 0 Å². The van der Waals surface area contributed by atoms with Crippen molar-refractivity contribution in [2.75, 3.05) is 7.11 Å². The fourth-order valence-corrected chi connectivity index (χ4v) is 2.14. The van der Waals surface area contributed by atoms with Crippen molar-refractivity contribution in [1.82, 2.24) is 4.98 Å². The smallest absolute Gasteiger partial charge is 0.145 e. The number of benzene rings is 2. The van der Waals surface area contributed by atoms with Gasteiger partial charge in [0.15, 0.2) is 0 Å². The van der Waals surface area contributed by atoms with Gasteiger partial charge in [0.25, 0.3) is 0 Å². The zero-order valence-corrected chi connectivity index (χ0v) is 11.3. The number of pyridine rings is 1. The fraction of sp³-hybridized carbons (Fsp3) is 0.0556. The second-order valence-corrected chi connectivity index (χ2v) is 4.50. The lowest BCUT2D eigenvalue weighted by Gasteiger charge is -2.06. The summed E-state index contributed by atoms with van der Waals surface area (Å²) in [5.41, 5.74) is 3.66. The average Bonchev–Trinajstić information content (AvgIpc) is 2.49. The normalized spacial score (nSPS) is 11.1. The van der Waals surface area contributed by atoms with Crippen LogP contribution in [-0.2, 0) is 0 Å². The van der Waals surface area contributed by atoms with E-state index in [-0.39, 0.29) is 0 Å². The summed E-state index contributed by atoms with van der Waals surface area (Å²) in [5, 5.41) is 1.11. The molecule has 2 aromatic carbocycles. The number of hydrogen-bond donors (Lipinski definition) is 0. The molecule has 1 aliphatic rings. The number of nitrogens with zero attached hydrogens (tertiary/aromatic N) is 1. The molecule has 98 valence electrons. The monoisotopic (exact) mass is 261 g/mol. The summed E-state index contributed by atoms with van der Waals surface area (Å²) in [5.74, 6) is 0.827. The van der Waals surface area contributed by atoms with Crippen LogP contribution < -0.4 is 4.74 Å². The fourth-order valence-electron chi connectivity index (χ4n) is 2.14. The van der Waals surface area contributed by atoms with E-state index in [1.807, 2.05) is 30.3 Å². The van der Waals surface area contributed by atoms with Crippen molar-refractivity contribution >= 4 is 23.1 Å². The first-order valence-electron chi connectivity index (χ1n) is 6.53. The van der Waals surface area contributed by atoms with Crippen LogP contribution in [0.5, 0.6) is 5.75 Å². The van der Waals surface area contributed by atoms with Crippen molar-refractivity contribution in [3.63, 3.8) is 0 Å². The quantitative estimate of drug-likeness (QED) is 0.506. The van der Waals surface area contributed by atoms with Crippen LogP contribution in [0.2, 0.25) is 0 Å². The lowest BCUT2D eigenvalue weighted by atomic mass is 9.99. The molecule has 0 unspecified atom stereocenters. The highest BCUT2D eigenvalue weighted by atomic mass is 16.5. The van der Waals surface area contributed by atoms with Crippen molar-refractivity contribution < 1.29 is 4.74 Å². The third kappa shape index (κ3) is 2.41. The highest BCUT2D eigenvalue weighted by molar-refractivity contribution is 5.85. The Morgan fingerprint density at radius 1 is 0.800 bits per heavy atom. The number of fused-ring (bicyclic) bond motifs is 2. The van der Waals surface area contributed by atoms with Gasteiger partial charge in [-0.1, -0.05) is 54.6 Å². The number of methoxy groups -OCH3 is 1. The van der Waals surface area contributed by atoms with Crippen LogP contribution in [0.4, 0.5) is 0 Å². The number of hydrogen-bond acceptors (Lipinski definition) is 2. The van der Waals surface area contributed by atoms with Gasteiger partial charge >= 0.3 is 0 Å². The molecule has 20 heavy (non-hydrogen) atoms. The van der Waals surface area contributed by atoms with Gasteiger partial charge in [-0.25, -0.2) is 0 Å². The summed E-state index contributed by atoms with van der Waals surface area (Å²) < 4.78 is 5.16. The molecule has 1 aromatic heterocycles. The third-order valence-electron chi connectivity index (χ3n) is 3.25. The van der Waals surface area contributed by atoms with Gasteiger partial charge in [-0.15, -0.1) is 0 Å². The minimum atomic E-state index is 0.827. The van der Waals surface area contributed by atoms with Crippen LogP contribution in [0.3, 0.4) is 0 Å². The summed E-state index contributed by atoms with van der Waals surface area (Å²) >= 11 is 0. The molecule has 2 heteroatoms.